The van der Waals surface area contributed by atoms with Gasteiger partial charge in [-0.25, -0.2) is 13.1 Å². The van der Waals surface area contributed by atoms with Crippen molar-refractivity contribution in [2.45, 2.75) is 43.7 Å². The number of rotatable bonds is 4. The van der Waals surface area contributed by atoms with Gasteiger partial charge in [0.05, 0.1) is 4.90 Å². The fourth-order valence-corrected chi connectivity index (χ4v) is 5.13. The highest BCUT2D eigenvalue weighted by atomic mass is 32.2. The van der Waals surface area contributed by atoms with Crippen LogP contribution in [0, 0.1) is 11.8 Å². The van der Waals surface area contributed by atoms with Crippen LogP contribution in [0.2, 0.25) is 0 Å². The molecule has 2 aliphatic rings. The van der Waals surface area contributed by atoms with E-state index in [0.717, 1.165) is 19.4 Å². The molecule has 1 amide bonds. The van der Waals surface area contributed by atoms with Crippen molar-refractivity contribution in [1.29, 1.82) is 0 Å². The number of hydrogen-bond donors (Lipinski definition) is 2. The maximum Gasteiger partial charge on any atom is 0.253 e. The highest BCUT2D eigenvalue weighted by molar-refractivity contribution is 7.89. The summed E-state index contributed by atoms with van der Waals surface area (Å²) >= 11 is 0. The van der Waals surface area contributed by atoms with Crippen LogP contribution in [0.5, 0.6) is 0 Å². The molecule has 0 bridgehead atoms. The average Bonchev–Trinajstić information content (AvgIpc) is 3.08. The molecule has 1 aromatic carbocycles. The predicted octanol–water partition coefficient (Wildman–Crippen LogP) is 1.18. The summed E-state index contributed by atoms with van der Waals surface area (Å²) in [6, 6.07) is 6.23. The molecule has 3 unspecified atom stereocenters. The predicted molar refractivity (Wildman–Crippen MR) is 92.0 cm³/mol. The van der Waals surface area contributed by atoms with Crippen molar-refractivity contribution in [3.8, 4) is 0 Å². The van der Waals surface area contributed by atoms with Crippen molar-refractivity contribution < 1.29 is 13.2 Å². The van der Waals surface area contributed by atoms with Crippen LogP contribution in [0.1, 0.15) is 37.0 Å². The molecule has 24 heavy (non-hydrogen) atoms. The number of benzene rings is 1. The molecule has 1 heterocycles. The van der Waals surface area contributed by atoms with Crippen molar-refractivity contribution >= 4 is 15.9 Å². The molecule has 1 aliphatic heterocycles. The molecule has 1 aromatic rings. The van der Waals surface area contributed by atoms with Crippen LogP contribution in [-0.4, -0.2) is 44.4 Å². The number of likely N-dealkylation sites (tertiary alicyclic amines) is 1. The summed E-state index contributed by atoms with van der Waals surface area (Å²) in [7, 11) is -3.60. The minimum Gasteiger partial charge on any atom is -0.338 e. The summed E-state index contributed by atoms with van der Waals surface area (Å²) < 4.78 is 27.1. The molecule has 3 atom stereocenters. The van der Waals surface area contributed by atoms with Crippen LogP contribution >= 0.6 is 0 Å². The van der Waals surface area contributed by atoms with Crippen LogP contribution in [0.15, 0.2) is 29.2 Å². The van der Waals surface area contributed by atoms with Gasteiger partial charge >= 0.3 is 0 Å². The third kappa shape index (κ3) is 3.34. The van der Waals surface area contributed by atoms with Crippen LogP contribution in [0.3, 0.4) is 0 Å². The molecule has 0 spiro atoms. The lowest BCUT2D eigenvalue weighted by atomic mass is 9.98. The fraction of sp³-hybridized carbons (Fsp3) is 0.588. The Morgan fingerprint density at radius 3 is 2.71 bits per heavy atom. The van der Waals surface area contributed by atoms with Gasteiger partial charge in [0, 0.05) is 30.7 Å². The number of fused-ring (bicyclic) bond motifs is 1. The quantitative estimate of drug-likeness (QED) is 0.852. The smallest absolute Gasteiger partial charge is 0.253 e. The van der Waals surface area contributed by atoms with E-state index in [2.05, 4.69) is 4.72 Å². The van der Waals surface area contributed by atoms with Crippen molar-refractivity contribution in [2.24, 2.45) is 17.6 Å². The molecular weight excluding hydrogens is 326 g/mol. The van der Waals surface area contributed by atoms with Gasteiger partial charge in [0.15, 0.2) is 0 Å². The molecule has 1 saturated heterocycles. The topological polar surface area (TPSA) is 92.5 Å². The van der Waals surface area contributed by atoms with Crippen LogP contribution in [0.4, 0.5) is 0 Å². The fourth-order valence-electron chi connectivity index (χ4n) is 3.83. The average molecular weight is 351 g/mol. The summed E-state index contributed by atoms with van der Waals surface area (Å²) in [4.78, 5) is 14.7. The van der Waals surface area contributed by atoms with Gasteiger partial charge in [-0.2, -0.15) is 0 Å². The lowest BCUT2D eigenvalue weighted by molar-refractivity contribution is 0.0779. The van der Waals surface area contributed by atoms with E-state index in [1.807, 2.05) is 4.90 Å². The van der Waals surface area contributed by atoms with E-state index in [-0.39, 0.29) is 22.9 Å². The summed E-state index contributed by atoms with van der Waals surface area (Å²) in [5.41, 5.74) is 6.54. The van der Waals surface area contributed by atoms with Gasteiger partial charge in [-0.05, 0) is 56.7 Å². The first-order chi connectivity index (χ1) is 11.3. The van der Waals surface area contributed by atoms with Crippen LogP contribution < -0.4 is 10.5 Å². The number of nitrogens with zero attached hydrogens (tertiary/aromatic N) is 1. The maximum atomic E-state index is 12.8. The van der Waals surface area contributed by atoms with Gasteiger partial charge in [-0.1, -0.05) is 6.07 Å². The molecule has 1 saturated carbocycles. The Morgan fingerprint density at radius 1 is 1.29 bits per heavy atom. The molecule has 1 aliphatic carbocycles. The summed E-state index contributed by atoms with van der Waals surface area (Å²) in [5, 5.41) is 0. The second-order valence-electron chi connectivity index (χ2n) is 7.18. The molecule has 7 heteroatoms. The van der Waals surface area contributed by atoms with E-state index < -0.39 is 10.0 Å². The largest absolute Gasteiger partial charge is 0.338 e. The lowest BCUT2D eigenvalue weighted by Gasteiger charge is -2.19. The molecule has 132 valence electrons. The Labute approximate surface area is 143 Å². The Balaban J connectivity index is 1.78. The van der Waals surface area contributed by atoms with Crippen molar-refractivity contribution in [2.75, 3.05) is 13.1 Å². The number of amides is 1. The Kier molecular flexibility index (Phi) is 4.68. The molecule has 3 N–H and O–H groups in total. The third-order valence-electron chi connectivity index (χ3n) is 4.98. The number of hydrogen-bond acceptors (Lipinski definition) is 4. The van der Waals surface area contributed by atoms with Gasteiger partial charge in [-0.3, -0.25) is 4.79 Å². The minimum atomic E-state index is -3.60. The maximum absolute atomic E-state index is 12.8. The van der Waals surface area contributed by atoms with E-state index >= 15 is 0 Å². The highest BCUT2D eigenvalue weighted by Crippen LogP contribution is 2.37. The first-order valence-corrected chi connectivity index (χ1v) is 9.93. The zero-order chi connectivity index (χ0) is 17.5. The van der Waals surface area contributed by atoms with E-state index in [0.29, 0.717) is 23.9 Å². The van der Waals surface area contributed by atoms with Gasteiger partial charge < -0.3 is 10.6 Å². The molecular formula is C17H25N3O3S. The SMILES string of the molecule is CC(C)NS(=O)(=O)c1cccc(C(=O)N2CC3CCC(N)C3C2)c1. The minimum absolute atomic E-state index is 0.113. The Hall–Kier alpha value is -1.44. The standard InChI is InChI=1S/C17H25N3O3S/c1-11(2)19-24(22,23)14-5-3-4-12(8-14)17(21)20-9-13-6-7-16(18)15(13)10-20/h3-5,8,11,13,15-16,19H,6-7,9-10,18H2,1-2H3. The van der Waals surface area contributed by atoms with E-state index in [9.17, 15) is 13.2 Å². The molecule has 2 fully saturated rings. The molecule has 0 radical (unpaired) electrons. The molecule has 0 aromatic heterocycles. The summed E-state index contributed by atoms with van der Waals surface area (Å²) in [5.74, 6) is 0.750. The number of sulfonamides is 1. The lowest BCUT2D eigenvalue weighted by Crippen LogP contribution is -2.34. The normalized spacial score (nSPS) is 26.8. The van der Waals surface area contributed by atoms with Crippen LogP contribution in [0.25, 0.3) is 0 Å². The third-order valence-corrected chi connectivity index (χ3v) is 6.64. The number of carbonyl (C=O) groups excluding carboxylic acids is 1. The number of carbonyl (C=O) groups is 1. The summed E-state index contributed by atoms with van der Waals surface area (Å²) in [6.07, 6.45) is 2.11. The van der Waals surface area contributed by atoms with E-state index in [1.165, 1.54) is 12.1 Å². The number of nitrogens with two attached hydrogens (primary N) is 1. The zero-order valence-electron chi connectivity index (χ0n) is 14.1. The van der Waals surface area contributed by atoms with Gasteiger partial charge in [0.1, 0.15) is 0 Å². The first kappa shape index (κ1) is 17.4. The van der Waals surface area contributed by atoms with Crippen LogP contribution in [-0.2, 0) is 10.0 Å². The second kappa shape index (κ2) is 6.46. The monoisotopic (exact) mass is 351 g/mol. The molecule has 6 nitrogen and oxygen atoms in total. The summed E-state index contributed by atoms with van der Waals surface area (Å²) in [6.45, 7) is 4.92. The van der Waals surface area contributed by atoms with Gasteiger partial charge in [-0.15, -0.1) is 0 Å². The Bertz CT molecular complexity index is 732. The zero-order valence-corrected chi connectivity index (χ0v) is 14.9. The second-order valence-corrected chi connectivity index (χ2v) is 8.89. The van der Waals surface area contributed by atoms with Crippen molar-refractivity contribution in [3.05, 3.63) is 29.8 Å². The number of nitrogens with one attached hydrogen (secondary N) is 1. The van der Waals surface area contributed by atoms with Gasteiger partial charge in [0.2, 0.25) is 10.0 Å². The van der Waals surface area contributed by atoms with E-state index in [1.54, 1.807) is 26.0 Å². The van der Waals surface area contributed by atoms with Crippen molar-refractivity contribution in [3.63, 3.8) is 0 Å². The Morgan fingerprint density at radius 2 is 2.04 bits per heavy atom. The van der Waals surface area contributed by atoms with Crippen molar-refractivity contribution in [1.82, 2.24) is 9.62 Å². The highest BCUT2D eigenvalue weighted by Gasteiger charge is 2.42. The molecule has 3 rings (SSSR count). The van der Waals surface area contributed by atoms with Gasteiger partial charge in [0.25, 0.3) is 5.91 Å². The first-order valence-electron chi connectivity index (χ1n) is 8.45. The van der Waals surface area contributed by atoms with E-state index in [4.69, 9.17) is 5.73 Å².